The maximum Gasteiger partial charge on any atom is 0.273 e. The van der Waals surface area contributed by atoms with Gasteiger partial charge in [-0.2, -0.15) is 8.42 Å². The fraction of sp³-hybridized carbons (Fsp3) is 0.929. The van der Waals surface area contributed by atoms with Crippen molar-refractivity contribution in [2.45, 2.75) is 67.4 Å². The van der Waals surface area contributed by atoms with E-state index in [0.717, 1.165) is 6.92 Å². The van der Waals surface area contributed by atoms with Gasteiger partial charge in [0.25, 0.3) is 10.1 Å². The van der Waals surface area contributed by atoms with Crippen LogP contribution in [0, 0.1) is 0 Å². The van der Waals surface area contributed by atoms with Crippen molar-refractivity contribution in [2.75, 3.05) is 13.2 Å². The number of carbonyl (C=O) groups is 1. The van der Waals surface area contributed by atoms with Crippen LogP contribution in [-0.4, -0.2) is 123 Å². The van der Waals surface area contributed by atoms with Crippen molar-refractivity contribution in [1.82, 2.24) is 5.32 Å². The highest BCUT2D eigenvalue weighted by molar-refractivity contribution is 7.86. The second-order valence-corrected chi connectivity index (χ2v) is 8.33. The van der Waals surface area contributed by atoms with E-state index >= 15 is 0 Å². The number of hydrogen-bond acceptors (Lipinski definition) is 12. The molecule has 2 heterocycles. The van der Waals surface area contributed by atoms with E-state index < -0.39 is 89.7 Å². The highest BCUT2D eigenvalue weighted by atomic mass is 32.2. The van der Waals surface area contributed by atoms with Crippen molar-refractivity contribution in [2.24, 2.45) is 0 Å². The number of amides is 1. The molecule has 1 amide bonds. The summed E-state index contributed by atoms with van der Waals surface area (Å²) < 4.78 is 48.0. The Bertz CT molecular complexity index is 674. The van der Waals surface area contributed by atoms with Gasteiger partial charge in [-0.25, -0.2) is 0 Å². The van der Waals surface area contributed by atoms with Gasteiger partial charge in [-0.15, -0.1) is 0 Å². The van der Waals surface area contributed by atoms with Crippen LogP contribution in [0.1, 0.15) is 6.92 Å². The summed E-state index contributed by atoms with van der Waals surface area (Å²) in [6.07, 6.45) is -14.1. The third-order valence-corrected chi connectivity index (χ3v) is 5.95. The Morgan fingerprint density at radius 1 is 1.00 bits per heavy atom. The van der Waals surface area contributed by atoms with Gasteiger partial charge in [0.05, 0.1) is 13.2 Å². The summed E-state index contributed by atoms with van der Waals surface area (Å²) in [7, 11) is -5.03. The molecule has 170 valence electrons. The Kier molecular flexibility index (Phi) is 7.91. The van der Waals surface area contributed by atoms with E-state index in [1.54, 1.807) is 0 Å². The third kappa shape index (κ3) is 5.20. The molecule has 0 spiro atoms. The summed E-state index contributed by atoms with van der Waals surface area (Å²) in [4.78, 5) is 11.4. The van der Waals surface area contributed by atoms with Gasteiger partial charge < -0.3 is 50.2 Å². The van der Waals surface area contributed by atoms with E-state index in [-0.39, 0.29) is 0 Å². The van der Waals surface area contributed by atoms with Crippen molar-refractivity contribution in [3.05, 3.63) is 0 Å². The highest BCUT2D eigenvalue weighted by Crippen LogP contribution is 2.30. The first-order chi connectivity index (χ1) is 13.4. The second-order valence-electron chi connectivity index (χ2n) is 6.75. The predicted octanol–water partition coefficient (Wildman–Crippen LogP) is -5.36. The molecule has 0 radical (unpaired) electrons. The molecule has 2 saturated heterocycles. The zero-order valence-corrected chi connectivity index (χ0v) is 16.0. The van der Waals surface area contributed by atoms with Crippen LogP contribution in [0.2, 0.25) is 0 Å². The number of rotatable bonds is 6. The van der Waals surface area contributed by atoms with Gasteiger partial charge in [-0.05, 0) is 0 Å². The molecule has 0 saturated carbocycles. The zero-order chi connectivity index (χ0) is 22.1. The molecule has 0 aliphatic carbocycles. The summed E-state index contributed by atoms with van der Waals surface area (Å²) in [5.41, 5.74) is 0. The van der Waals surface area contributed by atoms with Gasteiger partial charge in [-0.3, -0.25) is 9.35 Å². The van der Waals surface area contributed by atoms with Gasteiger partial charge in [0.2, 0.25) is 5.91 Å². The molecular formula is C14H25NO13S. The Morgan fingerprint density at radius 3 is 2.03 bits per heavy atom. The topological polar surface area (TPSA) is 233 Å². The van der Waals surface area contributed by atoms with Crippen LogP contribution in [0.4, 0.5) is 0 Å². The second kappa shape index (κ2) is 9.44. The van der Waals surface area contributed by atoms with Crippen LogP contribution in [-0.2, 0) is 29.1 Å². The molecule has 8 N–H and O–H groups in total. The lowest BCUT2D eigenvalue weighted by atomic mass is 9.96. The Morgan fingerprint density at radius 2 is 1.55 bits per heavy atom. The molecule has 2 aliphatic rings. The maximum absolute atomic E-state index is 11.6. The molecule has 0 unspecified atom stereocenters. The normalized spacial score (nSPS) is 43.7. The maximum atomic E-state index is 11.6. The Balaban J connectivity index is 2.33. The Labute approximate surface area is 165 Å². The number of aliphatic hydroxyl groups is 6. The third-order valence-electron chi connectivity index (χ3n) is 4.70. The van der Waals surface area contributed by atoms with E-state index in [1.807, 2.05) is 0 Å². The summed E-state index contributed by atoms with van der Waals surface area (Å²) in [6, 6.07) is -1.43. The van der Waals surface area contributed by atoms with Crippen molar-refractivity contribution in [3.8, 4) is 0 Å². The molecular weight excluding hydrogens is 422 g/mol. The molecule has 0 bridgehead atoms. The lowest BCUT2D eigenvalue weighted by molar-refractivity contribution is -0.325. The van der Waals surface area contributed by atoms with Crippen LogP contribution >= 0.6 is 0 Å². The van der Waals surface area contributed by atoms with Gasteiger partial charge in [0, 0.05) is 6.92 Å². The molecule has 0 aromatic carbocycles. The fourth-order valence-corrected chi connectivity index (χ4v) is 4.32. The summed E-state index contributed by atoms with van der Waals surface area (Å²) in [6.45, 7) is -0.579. The molecule has 14 nitrogen and oxygen atoms in total. The summed E-state index contributed by atoms with van der Waals surface area (Å²) in [5.74, 6) is -0.662. The van der Waals surface area contributed by atoms with E-state index in [4.69, 9.17) is 14.2 Å². The molecule has 2 aliphatic heterocycles. The standard InChI is InChI=1S/C14H25NO13S/c1-4(18)15-7-11(8(19)5(2-16)26-13(7)22)28-14-10(21)12(29(23,24)25)9(20)6(3-17)27-14/h5-14,16-17,19-22H,2-3H2,1H3,(H,15,18)(H,23,24,25)/t5-,6-,7-,8+,9+,10-,11-,12+,13+,14+/m1/s1. The van der Waals surface area contributed by atoms with Crippen molar-refractivity contribution >= 4 is 16.0 Å². The number of nitrogens with one attached hydrogen (secondary N) is 1. The first-order valence-corrected chi connectivity index (χ1v) is 10.1. The lowest BCUT2D eigenvalue weighted by Crippen LogP contribution is -2.68. The van der Waals surface area contributed by atoms with Gasteiger partial charge in [0.15, 0.2) is 12.6 Å². The first kappa shape index (κ1) is 24.3. The number of hydrogen-bond donors (Lipinski definition) is 8. The van der Waals surface area contributed by atoms with E-state index in [0.29, 0.717) is 0 Å². The molecule has 29 heavy (non-hydrogen) atoms. The summed E-state index contributed by atoms with van der Waals surface area (Å²) >= 11 is 0. The van der Waals surface area contributed by atoms with Crippen molar-refractivity contribution in [1.29, 1.82) is 0 Å². The SMILES string of the molecule is CC(=O)N[C@@H]1[C@@H](O[C@@H]2O[C@H](CO)[C@H](O)[C@H](S(=O)(=O)O)[C@H]2O)[C@@H](O)[C@@H](CO)O[C@@H]1O. The monoisotopic (exact) mass is 447 g/mol. The van der Waals surface area contributed by atoms with Crippen molar-refractivity contribution < 1.29 is 62.6 Å². The lowest BCUT2D eigenvalue weighted by Gasteiger charge is -2.46. The van der Waals surface area contributed by atoms with Crippen LogP contribution in [0.3, 0.4) is 0 Å². The smallest absolute Gasteiger partial charge is 0.273 e. The summed E-state index contributed by atoms with van der Waals surface area (Å²) in [5, 5.41) is 59.3. The van der Waals surface area contributed by atoms with Crippen LogP contribution in [0.25, 0.3) is 0 Å². The first-order valence-electron chi connectivity index (χ1n) is 8.56. The molecule has 10 atom stereocenters. The predicted molar refractivity (Wildman–Crippen MR) is 89.5 cm³/mol. The zero-order valence-electron chi connectivity index (χ0n) is 15.2. The molecule has 0 aromatic rings. The minimum atomic E-state index is -5.03. The van der Waals surface area contributed by atoms with E-state index in [1.165, 1.54) is 0 Å². The molecule has 2 rings (SSSR count). The quantitative estimate of drug-likeness (QED) is 0.178. The molecule has 2 fully saturated rings. The van der Waals surface area contributed by atoms with Gasteiger partial charge in [-0.1, -0.05) is 0 Å². The molecule has 15 heteroatoms. The average molecular weight is 447 g/mol. The van der Waals surface area contributed by atoms with E-state index in [2.05, 4.69) is 5.32 Å². The molecule has 0 aromatic heterocycles. The van der Waals surface area contributed by atoms with Crippen LogP contribution in [0.15, 0.2) is 0 Å². The van der Waals surface area contributed by atoms with Crippen LogP contribution < -0.4 is 5.32 Å². The minimum absolute atomic E-state index is 0.662. The highest BCUT2D eigenvalue weighted by Gasteiger charge is 2.54. The number of ether oxygens (including phenoxy) is 3. The Hall–Kier alpha value is -0.980. The minimum Gasteiger partial charge on any atom is -0.394 e. The average Bonchev–Trinajstić information content (AvgIpc) is 2.61. The van der Waals surface area contributed by atoms with Gasteiger partial charge in [0.1, 0.15) is 47.9 Å². The number of carbonyl (C=O) groups excluding carboxylic acids is 1. The largest absolute Gasteiger partial charge is 0.394 e. The van der Waals surface area contributed by atoms with E-state index in [9.17, 15) is 48.4 Å². The van der Waals surface area contributed by atoms with Gasteiger partial charge >= 0.3 is 0 Å². The van der Waals surface area contributed by atoms with Crippen LogP contribution in [0.5, 0.6) is 0 Å². The number of aliphatic hydroxyl groups excluding tert-OH is 6. The fourth-order valence-electron chi connectivity index (χ4n) is 3.31. The van der Waals surface area contributed by atoms with Crippen molar-refractivity contribution in [3.63, 3.8) is 0 Å².